The van der Waals surface area contributed by atoms with Gasteiger partial charge >= 0.3 is 0 Å². The summed E-state index contributed by atoms with van der Waals surface area (Å²) in [5.74, 6) is 0.0405. The molecule has 19 heavy (non-hydrogen) atoms. The Labute approximate surface area is 116 Å². The Balaban J connectivity index is 2.52. The van der Waals surface area contributed by atoms with Crippen molar-refractivity contribution in [2.75, 3.05) is 19.6 Å². The second kappa shape index (κ2) is 7.62. The number of benzene rings is 1. The zero-order valence-corrected chi connectivity index (χ0v) is 12.8. The first-order chi connectivity index (χ1) is 8.98. The van der Waals surface area contributed by atoms with Crippen LogP contribution in [-0.4, -0.2) is 39.0 Å². The summed E-state index contributed by atoms with van der Waals surface area (Å²) in [6.45, 7) is 8.52. The molecule has 1 aromatic rings. The molecule has 0 radical (unpaired) electrons. The van der Waals surface area contributed by atoms with Crippen molar-refractivity contribution in [3.63, 3.8) is 0 Å². The Morgan fingerprint density at radius 3 is 2.26 bits per heavy atom. The van der Waals surface area contributed by atoms with Gasteiger partial charge in [-0.15, -0.1) is 0 Å². The van der Waals surface area contributed by atoms with Crippen molar-refractivity contribution in [3.8, 4) is 0 Å². The summed E-state index contributed by atoms with van der Waals surface area (Å²) in [6, 6.07) is 9.44. The lowest BCUT2D eigenvalue weighted by Gasteiger charge is -2.26. The quantitative estimate of drug-likeness (QED) is 0.792. The first-order valence-electron chi connectivity index (χ1n) is 6.73. The standard InChI is InChI=1S/C14H24N2O2S/c1-4-16(5-2)13(3)11-15-19(17,18)12-14-9-7-6-8-10-14/h6-10,13,15H,4-5,11-12H2,1-3H3. The van der Waals surface area contributed by atoms with Gasteiger partial charge in [-0.3, -0.25) is 4.90 Å². The topological polar surface area (TPSA) is 49.4 Å². The van der Waals surface area contributed by atoms with Gasteiger partial charge < -0.3 is 0 Å². The van der Waals surface area contributed by atoms with Gasteiger partial charge in [0.15, 0.2) is 0 Å². The molecule has 1 unspecified atom stereocenters. The summed E-state index contributed by atoms with van der Waals surface area (Å²) in [7, 11) is -3.26. The second-order valence-electron chi connectivity index (χ2n) is 4.66. The maximum absolute atomic E-state index is 12.0. The molecule has 0 aliphatic carbocycles. The van der Waals surface area contributed by atoms with E-state index in [1.54, 1.807) is 0 Å². The van der Waals surface area contributed by atoms with E-state index in [4.69, 9.17) is 0 Å². The van der Waals surface area contributed by atoms with E-state index in [9.17, 15) is 8.42 Å². The Morgan fingerprint density at radius 2 is 1.74 bits per heavy atom. The third kappa shape index (κ3) is 5.72. The van der Waals surface area contributed by atoms with Crippen molar-refractivity contribution in [3.05, 3.63) is 35.9 Å². The molecule has 0 heterocycles. The summed E-state index contributed by atoms with van der Waals surface area (Å²) < 4.78 is 26.6. The molecular weight excluding hydrogens is 260 g/mol. The lowest BCUT2D eigenvalue weighted by Crippen LogP contribution is -2.42. The lowest BCUT2D eigenvalue weighted by molar-refractivity contribution is 0.232. The summed E-state index contributed by atoms with van der Waals surface area (Å²) in [5, 5.41) is 0. The van der Waals surface area contributed by atoms with Gasteiger partial charge in [0, 0.05) is 12.6 Å². The highest BCUT2D eigenvalue weighted by Crippen LogP contribution is 2.05. The van der Waals surface area contributed by atoms with Crippen LogP contribution in [0.1, 0.15) is 26.3 Å². The summed E-state index contributed by atoms with van der Waals surface area (Å²) in [4.78, 5) is 2.23. The van der Waals surface area contributed by atoms with E-state index in [-0.39, 0.29) is 11.8 Å². The molecule has 108 valence electrons. The van der Waals surface area contributed by atoms with Gasteiger partial charge in [-0.05, 0) is 25.6 Å². The highest BCUT2D eigenvalue weighted by Gasteiger charge is 2.15. The van der Waals surface area contributed by atoms with Crippen LogP contribution in [0.4, 0.5) is 0 Å². The number of rotatable bonds is 8. The minimum Gasteiger partial charge on any atom is -0.300 e. The highest BCUT2D eigenvalue weighted by molar-refractivity contribution is 7.88. The van der Waals surface area contributed by atoms with E-state index in [0.717, 1.165) is 18.7 Å². The molecule has 5 heteroatoms. The van der Waals surface area contributed by atoms with Crippen molar-refractivity contribution in [1.82, 2.24) is 9.62 Å². The van der Waals surface area contributed by atoms with E-state index >= 15 is 0 Å². The monoisotopic (exact) mass is 284 g/mol. The molecule has 0 bridgehead atoms. The van der Waals surface area contributed by atoms with Crippen molar-refractivity contribution < 1.29 is 8.42 Å². The molecule has 0 aromatic heterocycles. The molecule has 0 spiro atoms. The Bertz CT molecular complexity index is 456. The van der Waals surface area contributed by atoms with E-state index < -0.39 is 10.0 Å². The van der Waals surface area contributed by atoms with E-state index in [0.29, 0.717) is 6.54 Å². The molecule has 1 rings (SSSR count). The molecule has 0 aliphatic rings. The van der Waals surface area contributed by atoms with Crippen molar-refractivity contribution >= 4 is 10.0 Å². The fourth-order valence-electron chi connectivity index (χ4n) is 2.07. The molecule has 0 aliphatic heterocycles. The van der Waals surface area contributed by atoms with Crippen molar-refractivity contribution in [2.45, 2.75) is 32.6 Å². The SMILES string of the molecule is CCN(CC)C(C)CNS(=O)(=O)Cc1ccccc1. The van der Waals surface area contributed by atoms with Gasteiger partial charge in [0.05, 0.1) is 5.75 Å². The minimum absolute atomic E-state index is 0.0405. The van der Waals surface area contributed by atoms with Gasteiger partial charge in [-0.25, -0.2) is 13.1 Å². The first kappa shape index (κ1) is 16.1. The largest absolute Gasteiger partial charge is 0.300 e. The molecule has 1 N–H and O–H groups in total. The van der Waals surface area contributed by atoms with E-state index in [1.165, 1.54) is 0 Å². The van der Waals surface area contributed by atoms with Gasteiger partial charge in [-0.1, -0.05) is 44.2 Å². The van der Waals surface area contributed by atoms with Crippen molar-refractivity contribution in [2.24, 2.45) is 0 Å². The third-order valence-corrected chi connectivity index (χ3v) is 4.55. The zero-order chi connectivity index (χ0) is 14.3. The van der Waals surface area contributed by atoms with Crippen molar-refractivity contribution in [1.29, 1.82) is 0 Å². The zero-order valence-electron chi connectivity index (χ0n) is 12.0. The van der Waals surface area contributed by atoms with Gasteiger partial charge in [0.2, 0.25) is 10.0 Å². The van der Waals surface area contributed by atoms with E-state index in [1.807, 2.05) is 37.3 Å². The highest BCUT2D eigenvalue weighted by atomic mass is 32.2. The molecule has 0 saturated carbocycles. The fourth-order valence-corrected chi connectivity index (χ4v) is 3.30. The smallest absolute Gasteiger partial charge is 0.215 e. The predicted molar refractivity (Wildman–Crippen MR) is 79.5 cm³/mol. The number of hydrogen-bond acceptors (Lipinski definition) is 3. The first-order valence-corrected chi connectivity index (χ1v) is 8.39. The molecule has 4 nitrogen and oxygen atoms in total. The van der Waals surface area contributed by atoms with Crippen LogP contribution in [0.25, 0.3) is 0 Å². The maximum Gasteiger partial charge on any atom is 0.215 e. The predicted octanol–water partition coefficient (Wildman–Crippen LogP) is 1.84. The van der Waals surface area contributed by atoms with Crippen LogP contribution >= 0.6 is 0 Å². The average Bonchev–Trinajstić information content (AvgIpc) is 2.38. The second-order valence-corrected chi connectivity index (χ2v) is 6.47. The molecule has 1 aromatic carbocycles. The molecule has 0 fully saturated rings. The molecular formula is C14H24N2O2S. The average molecular weight is 284 g/mol. The molecule has 0 saturated heterocycles. The lowest BCUT2D eigenvalue weighted by atomic mass is 10.2. The molecule has 0 amide bonds. The third-order valence-electron chi connectivity index (χ3n) is 3.23. The Hall–Kier alpha value is -0.910. The van der Waals surface area contributed by atoms with Crippen LogP contribution in [0, 0.1) is 0 Å². The van der Waals surface area contributed by atoms with Crippen LogP contribution < -0.4 is 4.72 Å². The van der Waals surface area contributed by atoms with E-state index in [2.05, 4.69) is 23.5 Å². The van der Waals surface area contributed by atoms with Crippen LogP contribution in [-0.2, 0) is 15.8 Å². The fraction of sp³-hybridized carbons (Fsp3) is 0.571. The van der Waals surface area contributed by atoms with Gasteiger partial charge in [0.1, 0.15) is 0 Å². The number of nitrogens with one attached hydrogen (secondary N) is 1. The molecule has 1 atom stereocenters. The van der Waals surface area contributed by atoms with Gasteiger partial charge in [-0.2, -0.15) is 0 Å². The van der Waals surface area contributed by atoms with Crippen LogP contribution in [0.15, 0.2) is 30.3 Å². The number of nitrogens with zero attached hydrogens (tertiary/aromatic N) is 1. The Morgan fingerprint density at radius 1 is 1.16 bits per heavy atom. The normalized spacial score (nSPS) is 13.7. The Kier molecular flexibility index (Phi) is 6.48. The van der Waals surface area contributed by atoms with Crippen LogP contribution in [0.5, 0.6) is 0 Å². The summed E-state index contributed by atoms with van der Waals surface area (Å²) in [6.07, 6.45) is 0. The maximum atomic E-state index is 12.0. The van der Waals surface area contributed by atoms with Crippen LogP contribution in [0.3, 0.4) is 0 Å². The number of sulfonamides is 1. The minimum atomic E-state index is -3.26. The summed E-state index contributed by atoms with van der Waals surface area (Å²) in [5.41, 5.74) is 0.811. The van der Waals surface area contributed by atoms with Gasteiger partial charge in [0.25, 0.3) is 0 Å². The summed E-state index contributed by atoms with van der Waals surface area (Å²) >= 11 is 0. The van der Waals surface area contributed by atoms with Crippen LogP contribution in [0.2, 0.25) is 0 Å². The number of likely N-dealkylation sites (N-methyl/N-ethyl adjacent to an activating group) is 1. The number of hydrogen-bond donors (Lipinski definition) is 1.